The molecule has 1 aromatic carbocycles. The van der Waals surface area contributed by atoms with Gasteiger partial charge in [-0.05, 0) is 39.8 Å². The Morgan fingerprint density at radius 3 is 2.54 bits per heavy atom. The molecule has 186 valence electrons. The molecule has 4 aliphatic rings. The van der Waals surface area contributed by atoms with Gasteiger partial charge in [-0.15, -0.1) is 0 Å². The second-order valence-electron chi connectivity index (χ2n) is 9.44. The van der Waals surface area contributed by atoms with Gasteiger partial charge in [0.1, 0.15) is 29.0 Å². The van der Waals surface area contributed by atoms with Gasteiger partial charge < -0.3 is 14.8 Å². The van der Waals surface area contributed by atoms with Crippen LogP contribution in [-0.4, -0.2) is 46.1 Å². The van der Waals surface area contributed by atoms with Crippen molar-refractivity contribution < 1.29 is 17.6 Å². The molecule has 0 amide bonds. The molecule has 1 aromatic rings. The van der Waals surface area contributed by atoms with E-state index in [9.17, 15) is 13.2 Å². The van der Waals surface area contributed by atoms with E-state index in [-0.39, 0.29) is 5.56 Å². The number of fused-ring (bicyclic) bond motifs is 3. The van der Waals surface area contributed by atoms with Crippen molar-refractivity contribution in [3.05, 3.63) is 58.1 Å². The normalized spacial score (nSPS) is 19.3. The number of hydrogen-bond acceptors (Lipinski definition) is 5. The molecule has 0 saturated carbocycles. The quantitative estimate of drug-likeness (QED) is 0.539. The fraction of sp³-hybridized carbons (Fsp3) is 0.480. The van der Waals surface area contributed by atoms with Crippen LogP contribution in [0.1, 0.15) is 54.7 Å². The Bertz CT molecular complexity index is 1300. The first-order chi connectivity index (χ1) is 16.7. The molecule has 1 saturated heterocycles. The van der Waals surface area contributed by atoms with Crippen LogP contribution < -0.4 is 10.8 Å². The molecule has 4 aliphatic heterocycles. The fourth-order valence-electron chi connectivity index (χ4n) is 5.04. The van der Waals surface area contributed by atoms with Gasteiger partial charge in [0.25, 0.3) is 6.43 Å². The number of rotatable bonds is 4. The zero-order valence-electron chi connectivity index (χ0n) is 20.0. The number of nitrogens with zero attached hydrogens (tertiary/aromatic N) is 5. The molecular formula is C25H28F4N6. The molecule has 5 rings (SSSR count). The summed E-state index contributed by atoms with van der Waals surface area (Å²) >= 11 is 0. The topological polar surface area (TPSA) is 58.3 Å². The Morgan fingerprint density at radius 1 is 1.11 bits per heavy atom. The van der Waals surface area contributed by atoms with Crippen LogP contribution in [0.15, 0.2) is 29.3 Å². The third-order valence-corrected chi connectivity index (χ3v) is 7.04. The molecule has 1 fully saturated rings. The number of piperidine rings is 1. The minimum atomic E-state index is -2.92. The lowest BCUT2D eigenvalue weighted by Gasteiger charge is -2.36. The third kappa shape index (κ3) is 4.17. The van der Waals surface area contributed by atoms with Crippen LogP contribution >= 0.6 is 0 Å². The Hall–Kier alpha value is -3.01. The highest BCUT2D eigenvalue weighted by Gasteiger charge is 2.40. The van der Waals surface area contributed by atoms with E-state index in [1.54, 1.807) is 19.9 Å². The summed E-state index contributed by atoms with van der Waals surface area (Å²) in [5.74, 6) is 0.833. The van der Waals surface area contributed by atoms with Crippen molar-refractivity contribution in [2.75, 3.05) is 32.0 Å². The summed E-state index contributed by atoms with van der Waals surface area (Å²) in [6.07, 6.45) is -2.19. The van der Waals surface area contributed by atoms with Gasteiger partial charge in [0, 0.05) is 37.3 Å². The minimum absolute atomic E-state index is 0.0557. The number of pyridine rings is 1. The standard InChI is InChI=1S/C25H28F4N6/c1-14(16-5-4-6-17(20(16)26)21(27)28)31-22-18-13-19(25(29)7-10-34(3)11-8-25)24-30-9-12-35(24)23(18)33-15(2)32-22/h4-6,13-14,21,30H,7-12H2,1-3H3/t14-/m1/s1. The highest BCUT2D eigenvalue weighted by Crippen LogP contribution is 2.43. The average Bonchev–Trinajstić information content (AvgIpc) is 3.31. The molecule has 10 heteroatoms. The van der Waals surface area contributed by atoms with Crippen LogP contribution in [-0.2, 0) is 12.2 Å². The highest BCUT2D eigenvalue weighted by atomic mass is 19.3. The SMILES string of the molecule is Cc1nc2n3c(c(C4(F)CCN(C)CC4)cc-2c(=N[C@H](C)c2cccc(C(F)F)c2F)n1)NCC3. The largest absolute Gasteiger partial charge is 0.369 e. The fourth-order valence-corrected chi connectivity index (χ4v) is 5.04. The number of aryl methyl sites for hydroxylation is 1. The van der Waals surface area contributed by atoms with E-state index in [0.717, 1.165) is 11.9 Å². The van der Waals surface area contributed by atoms with Crippen molar-refractivity contribution in [2.24, 2.45) is 4.99 Å². The number of benzene rings is 1. The van der Waals surface area contributed by atoms with Crippen LogP contribution in [0.3, 0.4) is 0 Å². The molecule has 0 radical (unpaired) electrons. The highest BCUT2D eigenvalue weighted by molar-refractivity contribution is 5.67. The van der Waals surface area contributed by atoms with E-state index in [1.165, 1.54) is 12.1 Å². The van der Waals surface area contributed by atoms with Crippen molar-refractivity contribution in [3.63, 3.8) is 0 Å². The van der Waals surface area contributed by atoms with Crippen LogP contribution in [0.2, 0.25) is 0 Å². The first kappa shape index (κ1) is 23.7. The number of hydrogen-bond donors (Lipinski definition) is 1. The molecule has 0 bridgehead atoms. The van der Waals surface area contributed by atoms with Crippen LogP contribution in [0.4, 0.5) is 23.4 Å². The monoisotopic (exact) mass is 488 g/mol. The summed E-state index contributed by atoms with van der Waals surface area (Å²) in [4.78, 5) is 15.8. The van der Waals surface area contributed by atoms with Crippen molar-refractivity contribution in [1.29, 1.82) is 0 Å². The smallest absolute Gasteiger partial charge is 0.266 e. The Labute approximate surface area is 201 Å². The number of nitrogens with one attached hydrogen (secondary N) is 1. The van der Waals surface area contributed by atoms with Gasteiger partial charge >= 0.3 is 0 Å². The average molecular weight is 489 g/mol. The molecule has 0 spiro atoms. The molecule has 4 heterocycles. The lowest BCUT2D eigenvalue weighted by Crippen LogP contribution is -2.39. The summed E-state index contributed by atoms with van der Waals surface area (Å²) < 4.78 is 59.5. The predicted octanol–water partition coefficient (Wildman–Crippen LogP) is 4.75. The predicted molar refractivity (Wildman–Crippen MR) is 125 cm³/mol. The second-order valence-corrected chi connectivity index (χ2v) is 9.44. The summed E-state index contributed by atoms with van der Waals surface area (Å²) in [5, 5.41) is 3.32. The van der Waals surface area contributed by atoms with Crippen molar-refractivity contribution in [3.8, 4) is 11.4 Å². The molecular weight excluding hydrogens is 460 g/mol. The molecule has 6 nitrogen and oxygen atoms in total. The van der Waals surface area contributed by atoms with E-state index in [4.69, 9.17) is 0 Å². The molecule has 0 unspecified atom stereocenters. The first-order valence-electron chi connectivity index (χ1n) is 11.8. The van der Waals surface area contributed by atoms with Gasteiger partial charge in [0.05, 0.1) is 17.2 Å². The summed E-state index contributed by atoms with van der Waals surface area (Å²) in [5.41, 5.74) is -0.705. The van der Waals surface area contributed by atoms with Crippen LogP contribution in [0.5, 0.6) is 0 Å². The summed E-state index contributed by atoms with van der Waals surface area (Å²) in [6, 6.07) is 4.90. The number of aromatic nitrogens is 3. The number of halogens is 4. The second kappa shape index (κ2) is 8.89. The number of alkyl halides is 3. The maximum Gasteiger partial charge on any atom is 0.266 e. The number of anilines is 1. The van der Waals surface area contributed by atoms with Crippen molar-refractivity contribution >= 4 is 5.82 Å². The maximum absolute atomic E-state index is 16.3. The first-order valence-corrected chi connectivity index (χ1v) is 11.8. The Balaban J connectivity index is 1.68. The summed E-state index contributed by atoms with van der Waals surface area (Å²) in [6.45, 7) is 5.93. The van der Waals surface area contributed by atoms with Gasteiger partial charge in [0.15, 0.2) is 5.49 Å². The molecule has 35 heavy (non-hydrogen) atoms. The van der Waals surface area contributed by atoms with Crippen LogP contribution in [0, 0.1) is 12.7 Å². The van der Waals surface area contributed by atoms with E-state index in [2.05, 4.69) is 25.2 Å². The summed E-state index contributed by atoms with van der Waals surface area (Å²) in [7, 11) is 1.98. The lowest BCUT2D eigenvalue weighted by atomic mass is 9.85. The van der Waals surface area contributed by atoms with E-state index < -0.39 is 29.5 Å². The maximum atomic E-state index is 16.3. The molecule has 0 aliphatic carbocycles. The zero-order valence-corrected chi connectivity index (χ0v) is 20.0. The van der Waals surface area contributed by atoms with Crippen molar-refractivity contribution in [2.45, 2.75) is 51.4 Å². The third-order valence-electron chi connectivity index (χ3n) is 7.04. The van der Waals surface area contributed by atoms with Gasteiger partial charge in [-0.25, -0.2) is 27.5 Å². The lowest BCUT2D eigenvalue weighted by molar-refractivity contribution is 0.0676. The molecule has 0 aromatic heterocycles. The van der Waals surface area contributed by atoms with Crippen molar-refractivity contribution in [1.82, 2.24) is 19.4 Å². The minimum Gasteiger partial charge on any atom is -0.369 e. The van der Waals surface area contributed by atoms with Gasteiger partial charge in [-0.3, -0.25) is 4.99 Å². The molecule has 1 atom stereocenters. The Morgan fingerprint density at radius 2 is 1.83 bits per heavy atom. The number of likely N-dealkylation sites (tertiary alicyclic amines) is 1. The van der Waals surface area contributed by atoms with Gasteiger partial charge in [0.2, 0.25) is 0 Å². The van der Waals surface area contributed by atoms with E-state index in [0.29, 0.717) is 67.3 Å². The Kier molecular flexibility index (Phi) is 6.03. The van der Waals surface area contributed by atoms with Gasteiger partial charge in [-0.1, -0.05) is 18.2 Å². The van der Waals surface area contributed by atoms with E-state index in [1.807, 2.05) is 11.6 Å². The van der Waals surface area contributed by atoms with E-state index >= 15 is 4.39 Å². The van der Waals surface area contributed by atoms with Gasteiger partial charge in [-0.2, -0.15) is 0 Å². The molecule has 1 N–H and O–H groups in total. The zero-order chi connectivity index (χ0) is 24.9. The van der Waals surface area contributed by atoms with Crippen LogP contribution in [0.25, 0.3) is 11.4 Å².